The lowest BCUT2D eigenvalue weighted by Gasteiger charge is -2.35. The summed E-state index contributed by atoms with van der Waals surface area (Å²) >= 11 is 3.70. The molecule has 1 nitrogen and oxygen atoms in total. The molecule has 1 aromatic rings. The van der Waals surface area contributed by atoms with E-state index in [2.05, 4.69) is 52.0 Å². The Morgan fingerprint density at radius 1 is 1.16 bits per heavy atom. The topological polar surface area (TPSA) is 3.24 Å². The molecule has 19 heavy (non-hydrogen) atoms. The summed E-state index contributed by atoms with van der Waals surface area (Å²) in [4.78, 5) is 2.73. The van der Waals surface area contributed by atoms with Crippen LogP contribution in [0.15, 0.2) is 28.7 Å². The highest BCUT2D eigenvalue weighted by Crippen LogP contribution is 2.23. The Kier molecular flexibility index (Phi) is 6.39. The van der Waals surface area contributed by atoms with Crippen molar-refractivity contribution in [2.75, 3.05) is 13.1 Å². The Morgan fingerprint density at radius 2 is 1.89 bits per heavy atom. The standard InChI is InChI=1S/C17H26BrN/c1-2-3-10-16(19-12-7-4-8-13-19)14-15-9-5-6-11-17(15)18/h5-6,9,11,16H,2-4,7-8,10,12-14H2,1H3. The van der Waals surface area contributed by atoms with Gasteiger partial charge in [-0.15, -0.1) is 0 Å². The molecule has 106 valence electrons. The lowest BCUT2D eigenvalue weighted by atomic mass is 9.97. The third-order valence-corrected chi connectivity index (χ3v) is 4.98. The Balaban J connectivity index is 2.02. The molecule has 0 bridgehead atoms. The molecule has 0 radical (unpaired) electrons. The van der Waals surface area contributed by atoms with Gasteiger partial charge >= 0.3 is 0 Å². The number of nitrogens with zero attached hydrogens (tertiary/aromatic N) is 1. The first-order valence-electron chi connectivity index (χ1n) is 7.78. The summed E-state index contributed by atoms with van der Waals surface area (Å²) in [7, 11) is 0. The van der Waals surface area contributed by atoms with E-state index in [-0.39, 0.29) is 0 Å². The van der Waals surface area contributed by atoms with Gasteiger partial charge in [-0.25, -0.2) is 0 Å². The minimum absolute atomic E-state index is 0.735. The second kappa shape index (κ2) is 8.06. The normalized spacial score (nSPS) is 18.4. The largest absolute Gasteiger partial charge is 0.300 e. The number of piperidine rings is 1. The van der Waals surface area contributed by atoms with Gasteiger partial charge in [0.1, 0.15) is 0 Å². The van der Waals surface area contributed by atoms with Crippen molar-refractivity contribution in [3.05, 3.63) is 34.3 Å². The predicted molar refractivity (Wildman–Crippen MR) is 86.6 cm³/mol. The van der Waals surface area contributed by atoms with Crippen molar-refractivity contribution >= 4 is 15.9 Å². The van der Waals surface area contributed by atoms with Crippen LogP contribution in [-0.4, -0.2) is 24.0 Å². The molecule has 0 aliphatic carbocycles. The van der Waals surface area contributed by atoms with E-state index in [4.69, 9.17) is 0 Å². The molecule has 1 heterocycles. The molecule has 1 aliphatic rings. The molecule has 1 atom stereocenters. The molecule has 0 amide bonds. The maximum absolute atomic E-state index is 3.70. The Hall–Kier alpha value is -0.340. The zero-order valence-electron chi connectivity index (χ0n) is 12.1. The van der Waals surface area contributed by atoms with E-state index in [9.17, 15) is 0 Å². The van der Waals surface area contributed by atoms with Crippen molar-refractivity contribution in [1.29, 1.82) is 0 Å². The van der Waals surface area contributed by atoms with Crippen LogP contribution in [0, 0.1) is 0 Å². The number of likely N-dealkylation sites (tertiary alicyclic amines) is 1. The van der Waals surface area contributed by atoms with Gasteiger partial charge in [0.15, 0.2) is 0 Å². The molecule has 0 N–H and O–H groups in total. The third kappa shape index (κ3) is 4.61. The molecule has 2 rings (SSSR count). The first-order chi connectivity index (χ1) is 9.31. The lowest BCUT2D eigenvalue weighted by Crippen LogP contribution is -2.40. The van der Waals surface area contributed by atoms with Crippen molar-refractivity contribution < 1.29 is 0 Å². The fourth-order valence-electron chi connectivity index (χ4n) is 3.05. The average molecular weight is 324 g/mol. The van der Waals surface area contributed by atoms with Gasteiger partial charge in [-0.05, 0) is 50.4 Å². The molecule has 1 unspecified atom stereocenters. The molecule has 1 aliphatic heterocycles. The van der Waals surface area contributed by atoms with E-state index in [0.29, 0.717) is 0 Å². The van der Waals surface area contributed by atoms with Gasteiger partial charge in [-0.2, -0.15) is 0 Å². The minimum Gasteiger partial charge on any atom is -0.300 e. The van der Waals surface area contributed by atoms with Crippen LogP contribution in [0.25, 0.3) is 0 Å². The van der Waals surface area contributed by atoms with Crippen LogP contribution in [0.1, 0.15) is 51.0 Å². The monoisotopic (exact) mass is 323 g/mol. The highest BCUT2D eigenvalue weighted by molar-refractivity contribution is 9.10. The molecule has 1 aromatic carbocycles. The van der Waals surface area contributed by atoms with E-state index in [1.165, 1.54) is 68.1 Å². The van der Waals surface area contributed by atoms with Crippen LogP contribution in [0.5, 0.6) is 0 Å². The van der Waals surface area contributed by atoms with Gasteiger partial charge in [-0.1, -0.05) is 60.3 Å². The zero-order valence-corrected chi connectivity index (χ0v) is 13.7. The van der Waals surface area contributed by atoms with Crippen molar-refractivity contribution in [1.82, 2.24) is 4.90 Å². The van der Waals surface area contributed by atoms with Crippen LogP contribution in [0.2, 0.25) is 0 Å². The molecular weight excluding hydrogens is 298 g/mol. The van der Waals surface area contributed by atoms with Gasteiger partial charge in [0.2, 0.25) is 0 Å². The smallest absolute Gasteiger partial charge is 0.0207 e. The summed E-state index contributed by atoms with van der Waals surface area (Å²) in [6.07, 6.45) is 9.40. The summed E-state index contributed by atoms with van der Waals surface area (Å²) in [6, 6.07) is 9.44. The Labute approximate surface area is 126 Å². The van der Waals surface area contributed by atoms with E-state index < -0.39 is 0 Å². The van der Waals surface area contributed by atoms with Crippen molar-refractivity contribution in [3.8, 4) is 0 Å². The van der Waals surface area contributed by atoms with Gasteiger partial charge in [0.25, 0.3) is 0 Å². The summed E-state index contributed by atoms with van der Waals surface area (Å²) in [6.45, 7) is 4.91. The first kappa shape index (κ1) is 15.1. The maximum atomic E-state index is 3.70. The van der Waals surface area contributed by atoms with Gasteiger partial charge < -0.3 is 4.90 Å². The van der Waals surface area contributed by atoms with E-state index >= 15 is 0 Å². The SMILES string of the molecule is CCCCC(Cc1ccccc1Br)N1CCCCC1. The fraction of sp³-hybridized carbons (Fsp3) is 0.647. The molecule has 0 saturated carbocycles. The second-order valence-corrected chi connectivity index (χ2v) is 6.54. The van der Waals surface area contributed by atoms with E-state index in [0.717, 1.165) is 6.04 Å². The number of hydrogen-bond acceptors (Lipinski definition) is 1. The van der Waals surface area contributed by atoms with Crippen molar-refractivity contribution in [2.45, 2.75) is 57.9 Å². The zero-order chi connectivity index (χ0) is 13.5. The third-order valence-electron chi connectivity index (χ3n) is 4.21. The number of unbranched alkanes of at least 4 members (excludes halogenated alkanes) is 1. The summed E-state index contributed by atoms with van der Waals surface area (Å²) < 4.78 is 1.27. The average Bonchev–Trinajstić information content (AvgIpc) is 2.46. The van der Waals surface area contributed by atoms with Crippen molar-refractivity contribution in [3.63, 3.8) is 0 Å². The molecule has 1 fully saturated rings. The number of rotatable bonds is 6. The molecule has 0 aromatic heterocycles. The lowest BCUT2D eigenvalue weighted by molar-refractivity contribution is 0.152. The molecular formula is C17H26BrN. The van der Waals surface area contributed by atoms with Crippen LogP contribution in [0.3, 0.4) is 0 Å². The first-order valence-corrected chi connectivity index (χ1v) is 8.58. The van der Waals surface area contributed by atoms with E-state index in [1.807, 2.05) is 0 Å². The van der Waals surface area contributed by atoms with Crippen LogP contribution in [0.4, 0.5) is 0 Å². The molecule has 1 saturated heterocycles. The number of benzene rings is 1. The Bertz CT molecular complexity index is 371. The highest BCUT2D eigenvalue weighted by atomic mass is 79.9. The van der Waals surface area contributed by atoms with Gasteiger partial charge in [0.05, 0.1) is 0 Å². The predicted octanol–water partition coefficient (Wildman–Crippen LogP) is 5.04. The number of hydrogen-bond donors (Lipinski definition) is 0. The van der Waals surface area contributed by atoms with Gasteiger partial charge in [-0.3, -0.25) is 0 Å². The highest BCUT2D eigenvalue weighted by Gasteiger charge is 2.21. The summed E-state index contributed by atoms with van der Waals surface area (Å²) in [5.74, 6) is 0. The van der Waals surface area contributed by atoms with Crippen molar-refractivity contribution in [2.24, 2.45) is 0 Å². The minimum atomic E-state index is 0.735. The second-order valence-electron chi connectivity index (χ2n) is 5.69. The maximum Gasteiger partial charge on any atom is 0.0207 e. The van der Waals surface area contributed by atoms with Crippen LogP contribution >= 0.6 is 15.9 Å². The molecule has 2 heteroatoms. The summed E-state index contributed by atoms with van der Waals surface area (Å²) in [5.41, 5.74) is 1.47. The fourth-order valence-corrected chi connectivity index (χ4v) is 3.50. The van der Waals surface area contributed by atoms with Crippen LogP contribution < -0.4 is 0 Å². The summed E-state index contributed by atoms with van der Waals surface area (Å²) in [5, 5.41) is 0. The Morgan fingerprint density at radius 3 is 2.58 bits per heavy atom. The van der Waals surface area contributed by atoms with Crippen LogP contribution in [-0.2, 0) is 6.42 Å². The number of halogens is 1. The quantitative estimate of drug-likeness (QED) is 0.709. The van der Waals surface area contributed by atoms with Gasteiger partial charge in [0, 0.05) is 10.5 Å². The molecule has 0 spiro atoms. The van der Waals surface area contributed by atoms with E-state index in [1.54, 1.807) is 0 Å².